The molecule has 0 unspecified atom stereocenters. The molecular weight excluding hydrogens is 283 g/mol. The van der Waals surface area contributed by atoms with Gasteiger partial charge < -0.3 is 9.88 Å². The van der Waals surface area contributed by atoms with Gasteiger partial charge in [0.1, 0.15) is 11.4 Å². The molecule has 1 atom stereocenters. The first-order valence-electron chi connectivity index (χ1n) is 7.24. The monoisotopic (exact) mass is 300 g/mol. The first-order valence-corrected chi connectivity index (χ1v) is 7.24. The number of rotatable bonds is 2. The molecule has 2 heterocycles. The van der Waals surface area contributed by atoms with Crippen LogP contribution in [0, 0.1) is 19.7 Å². The van der Waals surface area contributed by atoms with Crippen molar-refractivity contribution in [2.75, 3.05) is 6.54 Å². The van der Waals surface area contributed by atoms with Crippen LogP contribution in [0.2, 0.25) is 0 Å². The molecular formula is C17H17FN2O2. The first-order chi connectivity index (χ1) is 10.5. The average molecular weight is 300 g/mol. The van der Waals surface area contributed by atoms with Crippen molar-refractivity contribution >= 4 is 5.91 Å². The predicted molar refractivity (Wildman–Crippen MR) is 81.3 cm³/mol. The molecule has 0 radical (unpaired) electrons. The minimum atomic E-state index is -0.354. The van der Waals surface area contributed by atoms with Crippen LogP contribution in [0.15, 0.2) is 35.1 Å². The van der Waals surface area contributed by atoms with E-state index in [-0.39, 0.29) is 28.9 Å². The smallest absolute Gasteiger partial charge is 0.261 e. The molecule has 1 aromatic heterocycles. The first kappa shape index (κ1) is 14.5. The van der Waals surface area contributed by atoms with E-state index in [9.17, 15) is 14.0 Å². The van der Waals surface area contributed by atoms with Gasteiger partial charge in [0.2, 0.25) is 0 Å². The van der Waals surface area contributed by atoms with Crippen LogP contribution in [0.1, 0.15) is 39.6 Å². The maximum atomic E-state index is 13.0. The molecule has 0 aliphatic carbocycles. The number of carbonyl (C=O) groups excluding carboxylic acids is 1. The largest absolute Gasteiger partial charge is 0.331 e. The lowest BCUT2D eigenvalue weighted by Crippen LogP contribution is -2.47. The van der Waals surface area contributed by atoms with Gasteiger partial charge >= 0.3 is 0 Å². The predicted octanol–water partition coefficient (Wildman–Crippen LogP) is 2.72. The van der Waals surface area contributed by atoms with Gasteiger partial charge in [0.25, 0.3) is 11.5 Å². The lowest BCUT2D eigenvalue weighted by molar-refractivity contribution is 0.0457. The molecule has 0 spiro atoms. The van der Waals surface area contributed by atoms with E-state index >= 15 is 0 Å². The Morgan fingerprint density at radius 2 is 1.95 bits per heavy atom. The van der Waals surface area contributed by atoms with Gasteiger partial charge in [-0.15, -0.1) is 0 Å². The van der Waals surface area contributed by atoms with Gasteiger partial charge in [-0.2, -0.15) is 0 Å². The highest BCUT2D eigenvalue weighted by Crippen LogP contribution is 2.34. The molecule has 1 saturated heterocycles. The number of benzene rings is 1. The zero-order valence-electron chi connectivity index (χ0n) is 12.5. The van der Waals surface area contributed by atoms with Crippen molar-refractivity contribution in [2.45, 2.75) is 26.3 Å². The fourth-order valence-corrected chi connectivity index (χ4v) is 2.92. The Balaban J connectivity index is 1.90. The van der Waals surface area contributed by atoms with E-state index in [4.69, 9.17) is 0 Å². The number of likely N-dealkylation sites (tertiary alicyclic amines) is 1. The summed E-state index contributed by atoms with van der Waals surface area (Å²) >= 11 is 0. The van der Waals surface area contributed by atoms with E-state index in [1.165, 1.54) is 12.1 Å². The van der Waals surface area contributed by atoms with E-state index in [1.54, 1.807) is 36.9 Å². The summed E-state index contributed by atoms with van der Waals surface area (Å²) < 4.78 is 13.0. The minimum absolute atomic E-state index is 0.0896. The van der Waals surface area contributed by atoms with Crippen LogP contribution in [-0.2, 0) is 0 Å². The number of aryl methyl sites for hydroxylation is 2. The van der Waals surface area contributed by atoms with Crippen molar-refractivity contribution in [2.24, 2.45) is 0 Å². The van der Waals surface area contributed by atoms with Crippen molar-refractivity contribution in [3.63, 3.8) is 0 Å². The summed E-state index contributed by atoms with van der Waals surface area (Å²) in [7, 11) is 0. The van der Waals surface area contributed by atoms with Crippen molar-refractivity contribution in [3.05, 3.63) is 68.9 Å². The second-order valence-corrected chi connectivity index (χ2v) is 5.69. The topological polar surface area (TPSA) is 53.2 Å². The summed E-state index contributed by atoms with van der Waals surface area (Å²) in [4.78, 5) is 29.1. The number of nitrogens with zero attached hydrogens (tertiary/aromatic N) is 1. The quantitative estimate of drug-likeness (QED) is 0.927. The molecule has 5 heteroatoms. The summed E-state index contributed by atoms with van der Waals surface area (Å²) in [6, 6.07) is 7.85. The van der Waals surface area contributed by atoms with E-state index in [0.717, 1.165) is 17.7 Å². The lowest BCUT2D eigenvalue weighted by atomic mass is 9.93. The van der Waals surface area contributed by atoms with Gasteiger partial charge in [-0.05, 0) is 49.6 Å². The maximum absolute atomic E-state index is 13.0. The number of pyridine rings is 1. The molecule has 0 saturated carbocycles. The van der Waals surface area contributed by atoms with Crippen LogP contribution in [0.5, 0.6) is 0 Å². The number of aromatic nitrogens is 1. The molecule has 1 fully saturated rings. The van der Waals surface area contributed by atoms with Gasteiger partial charge in [-0.1, -0.05) is 12.1 Å². The number of halogens is 1. The third kappa shape index (κ3) is 2.43. The van der Waals surface area contributed by atoms with Crippen LogP contribution in [-0.4, -0.2) is 22.3 Å². The van der Waals surface area contributed by atoms with Crippen LogP contribution in [0.4, 0.5) is 4.39 Å². The number of hydrogen-bond acceptors (Lipinski definition) is 2. The van der Waals surface area contributed by atoms with E-state index < -0.39 is 0 Å². The Kier molecular flexibility index (Phi) is 3.56. The number of aromatic amines is 1. The molecule has 2 aromatic rings. The number of nitrogens with one attached hydrogen (secondary N) is 1. The van der Waals surface area contributed by atoms with Crippen LogP contribution in [0.3, 0.4) is 0 Å². The molecule has 0 bridgehead atoms. The van der Waals surface area contributed by atoms with Gasteiger partial charge in [0, 0.05) is 12.2 Å². The maximum Gasteiger partial charge on any atom is 0.261 e. The zero-order valence-corrected chi connectivity index (χ0v) is 12.5. The Labute approximate surface area is 127 Å². The summed E-state index contributed by atoms with van der Waals surface area (Å²) in [6.45, 7) is 4.16. The molecule has 114 valence electrons. The Bertz CT molecular complexity index is 780. The highest BCUT2D eigenvalue weighted by Gasteiger charge is 2.35. The van der Waals surface area contributed by atoms with Gasteiger partial charge in [-0.25, -0.2) is 4.39 Å². The number of hydrogen-bond donors (Lipinski definition) is 1. The molecule has 1 aliphatic heterocycles. The highest BCUT2D eigenvalue weighted by molar-refractivity contribution is 5.96. The van der Waals surface area contributed by atoms with Crippen LogP contribution < -0.4 is 5.56 Å². The fraction of sp³-hybridized carbons (Fsp3) is 0.294. The molecule has 1 aliphatic rings. The van der Waals surface area contributed by atoms with Crippen LogP contribution >= 0.6 is 0 Å². The second-order valence-electron chi connectivity index (χ2n) is 5.69. The minimum Gasteiger partial charge on any atom is -0.331 e. The summed E-state index contributed by atoms with van der Waals surface area (Å²) in [5.41, 5.74) is 2.14. The fourth-order valence-electron chi connectivity index (χ4n) is 2.92. The average Bonchev–Trinajstić information content (AvgIpc) is 2.38. The lowest BCUT2D eigenvalue weighted by Gasteiger charge is -2.41. The van der Waals surface area contributed by atoms with Gasteiger partial charge in [-0.3, -0.25) is 9.59 Å². The molecule has 1 amide bonds. The number of amides is 1. The molecule has 22 heavy (non-hydrogen) atoms. The van der Waals surface area contributed by atoms with Crippen molar-refractivity contribution in [3.8, 4) is 0 Å². The van der Waals surface area contributed by atoms with Crippen molar-refractivity contribution < 1.29 is 9.18 Å². The third-order valence-electron chi connectivity index (χ3n) is 4.11. The Morgan fingerprint density at radius 1 is 1.27 bits per heavy atom. The summed E-state index contributed by atoms with van der Waals surface area (Å²) in [6.07, 6.45) is 0.820. The molecule has 3 rings (SSSR count). The second kappa shape index (κ2) is 5.40. The summed E-state index contributed by atoms with van der Waals surface area (Å²) in [5.74, 6) is -0.564. The van der Waals surface area contributed by atoms with E-state index in [2.05, 4.69) is 4.98 Å². The third-order valence-corrected chi connectivity index (χ3v) is 4.11. The standard InChI is InChI=1S/C17H17FN2O2/c1-10-9-11(2)19-16(21)15(10)17(22)20-8-7-14(20)12-3-5-13(18)6-4-12/h3-6,9,14H,7-8H2,1-2H3,(H,19,21)/t14-/m1/s1. The van der Waals surface area contributed by atoms with E-state index in [0.29, 0.717) is 12.1 Å². The van der Waals surface area contributed by atoms with E-state index in [1.807, 2.05) is 0 Å². The Hall–Kier alpha value is -2.43. The van der Waals surface area contributed by atoms with Crippen molar-refractivity contribution in [1.82, 2.24) is 9.88 Å². The normalized spacial score (nSPS) is 17.2. The van der Waals surface area contributed by atoms with Gasteiger partial charge in [0.05, 0.1) is 6.04 Å². The zero-order chi connectivity index (χ0) is 15.9. The SMILES string of the molecule is Cc1cc(C)c(C(=O)N2CC[C@@H]2c2ccc(F)cc2)c(=O)[nH]1. The molecule has 4 nitrogen and oxygen atoms in total. The summed E-state index contributed by atoms with van der Waals surface area (Å²) in [5, 5.41) is 0. The number of carbonyl (C=O) groups is 1. The molecule has 1 N–H and O–H groups in total. The molecule has 1 aromatic carbocycles. The van der Waals surface area contributed by atoms with Crippen molar-refractivity contribution in [1.29, 1.82) is 0 Å². The Morgan fingerprint density at radius 3 is 2.50 bits per heavy atom. The van der Waals surface area contributed by atoms with Gasteiger partial charge in [0.15, 0.2) is 0 Å². The highest BCUT2D eigenvalue weighted by atomic mass is 19.1. The number of H-pyrrole nitrogens is 1. The van der Waals surface area contributed by atoms with Crippen LogP contribution in [0.25, 0.3) is 0 Å².